The number of thioether (sulfide) groups is 1. The number of benzene rings is 1. The first kappa shape index (κ1) is 22.4. The van der Waals surface area contributed by atoms with Crippen LogP contribution in [0.3, 0.4) is 0 Å². The number of thiophene rings is 1. The Kier molecular flexibility index (Phi) is 7.95. The normalized spacial score (nSPS) is 15.1. The molecular weight excluding hydrogens is 436 g/mol. The van der Waals surface area contributed by atoms with Gasteiger partial charge >= 0.3 is 0 Å². The van der Waals surface area contributed by atoms with Crippen LogP contribution in [0.4, 0.5) is 5.69 Å². The molecule has 1 fully saturated rings. The first-order valence-corrected chi connectivity index (χ1v) is 11.7. The van der Waals surface area contributed by atoms with Gasteiger partial charge in [0, 0.05) is 29.1 Å². The summed E-state index contributed by atoms with van der Waals surface area (Å²) in [4.78, 5) is 39.3. The molecule has 3 rings (SSSR count). The molecule has 1 aromatic carbocycles. The predicted octanol–water partition coefficient (Wildman–Crippen LogP) is 5.35. The Bertz CT molecular complexity index is 966. The van der Waals surface area contributed by atoms with Crippen molar-refractivity contribution in [1.29, 1.82) is 0 Å². The van der Waals surface area contributed by atoms with Crippen molar-refractivity contribution in [3.63, 3.8) is 0 Å². The van der Waals surface area contributed by atoms with E-state index in [-0.39, 0.29) is 17.6 Å². The van der Waals surface area contributed by atoms with E-state index in [1.807, 2.05) is 23.6 Å². The first-order chi connectivity index (χ1) is 14.4. The van der Waals surface area contributed by atoms with E-state index >= 15 is 0 Å². The largest absolute Gasteiger partial charge is 0.326 e. The molecule has 5 nitrogen and oxygen atoms in total. The number of hydrogen-bond acceptors (Lipinski definition) is 6. The number of rotatable bonds is 9. The van der Waals surface area contributed by atoms with Crippen LogP contribution in [0.2, 0.25) is 0 Å². The van der Waals surface area contributed by atoms with E-state index in [0.29, 0.717) is 33.4 Å². The summed E-state index contributed by atoms with van der Waals surface area (Å²) in [5.74, 6) is -0.100. The highest BCUT2D eigenvalue weighted by molar-refractivity contribution is 8.26. The van der Waals surface area contributed by atoms with E-state index in [1.165, 1.54) is 18.7 Å². The van der Waals surface area contributed by atoms with Crippen LogP contribution >= 0.6 is 35.3 Å². The molecule has 0 unspecified atom stereocenters. The van der Waals surface area contributed by atoms with Gasteiger partial charge in [0.15, 0.2) is 5.78 Å². The van der Waals surface area contributed by atoms with Crippen molar-refractivity contribution in [2.75, 3.05) is 11.9 Å². The first-order valence-electron chi connectivity index (χ1n) is 9.64. The summed E-state index contributed by atoms with van der Waals surface area (Å²) in [7, 11) is 0. The van der Waals surface area contributed by atoms with Gasteiger partial charge in [-0.2, -0.15) is 0 Å². The molecule has 156 valence electrons. The molecule has 8 heteroatoms. The number of nitrogens with one attached hydrogen (secondary N) is 1. The van der Waals surface area contributed by atoms with E-state index in [0.717, 1.165) is 24.1 Å². The highest BCUT2D eigenvalue weighted by Gasteiger charge is 2.31. The Morgan fingerprint density at radius 3 is 2.57 bits per heavy atom. The van der Waals surface area contributed by atoms with Crippen molar-refractivity contribution in [1.82, 2.24) is 4.90 Å². The van der Waals surface area contributed by atoms with Crippen LogP contribution in [-0.2, 0) is 9.59 Å². The lowest BCUT2D eigenvalue weighted by atomic mass is 10.1. The van der Waals surface area contributed by atoms with Gasteiger partial charge in [0.1, 0.15) is 4.32 Å². The van der Waals surface area contributed by atoms with Gasteiger partial charge in [-0.25, -0.2) is 0 Å². The SMILES string of the molecule is CC(=O)c1ccc(NC(=O)CCCCCN2C(=O)C(=Cc3cccs3)SC2=S)cc1. The average Bonchev–Trinajstić information content (AvgIpc) is 3.31. The Hall–Kier alpha value is -2.29. The third-order valence-electron chi connectivity index (χ3n) is 4.55. The maximum Gasteiger partial charge on any atom is 0.266 e. The third-order valence-corrected chi connectivity index (χ3v) is 6.75. The maximum absolute atomic E-state index is 12.6. The second-order valence-electron chi connectivity index (χ2n) is 6.84. The number of carbonyl (C=O) groups is 3. The number of ketones is 1. The highest BCUT2D eigenvalue weighted by atomic mass is 32.2. The number of Topliss-reactive ketones (excluding diaryl/α,β-unsaturated/α-hetero) is 1. The highest BCUT2D eigenvalue weighted by Crippen LogP contribution is 2.33. The molecule has 1 aromatic heterocycles. The number of anilines is 1. The van der Waals surface area contributed by atoms with Gasteiger partial charge in [-0.05, 0) is 61.6 Å². The Labute approximate surface area is 189 Å². The molecule has 2 aromatic rings. The molecule has 0 aliphatic carbocycles. The van der Waals surface area contributed by atoms with Crippen LogP contribution < -0.4 is 5.32 Å². The van der Waals surface area contributed by atoms with Gasteiger partial charge in [0.05, 0.1) is 4.91 Å². The molecule has 0 saturated carbocycles. The number of carbonyl (C=O) groups excluding carboxylic acids is 3. The average molecular weight is 459 g/mol. The van der Waals surface area contributed by atoms with Gasteiger partial charge < -0.3 is 5.32 Å². The molecule has 0 spiro atoms. The number of hydrogen-bond donors (Lipinski definition) is 1. The third kappa shape index (κ3) is 6.10. The van der Waals surface area contributed by atoms with Gasteiger partial charge in [0.2, 0.25) is 5.91 Å². The zero-order valence-electron chi connectivity index (χ0n) is 16.6. The van der Waals surface area contributed by atoms with Crippen LogP contribution in [0.15, 0.2) is 46.7 Å². The molecular formula is C22H22N2O3S3. The molecule has 1 saturated heterocycles. The summed E-state index contributed by atoms with van der Waals surface area (Å²) in [5, 5.41) is 4.81. The van der Waals surface area contributed by atoms with Gasteiger partial charge in [0.25, 0.3) is 5.91 Å². The molecule has 1 aliphatic heterocycles. The quantitative estimate of drug-likeness (QED) is 0.237. The number of nitrogens with zero attached hydrogens (tertiary/aromatic N) is 1. The van der Waals surface area contributed by atoms with Crippen molar-refractivity contribution in [2.24, 2.45) is 0 Å². The second kappa shape index (κ2) is 10.7. The Morgan fingerprint density at radius 1 is 1.13 bits per heavy atom. The summed E-state index contributed by atoms with van der Waals surface area (Å²) in [6.07, 6.45) is 4.65. The Morgan fingerprint density at radius 2 is 1.90 bits per heavy atom. The van der Waals surface area contributed by atoms with E-state index in [4.69, 9.17) is 12.2 Å². The standard InChI is InChI=1S/C22H22N2O3S3/c1-15(25)16-8-10-17(11-9-16)23-20(26)7-3-2-4-12-24-21(27)19(30-22(24)28)14-18-6-5-13-29-18/h5-6,8-11,13-14H,2-4,7,12H2,1H3,(H,23,26). The second-order valence-corrected chi connectivity index (χ2v) is 9.50. The molecule has 2 amide bonds. The van der Waals surface area contributed by atoms with Crippen molar-refractivity contribution in [3.05, 3.63) is 57.1 Å². The van der Waals surface area contributed by atoms with Crippen LogP contribution in [0.5, 0.6) is 0 Å². The molecule has 0 atom stereocenters. The van der Waals surface area contributed by atoms with Crippen molar-refractivity contribution in [2.45, 2.75) is 32.6 Å². The molecule has 1 N–H and O–H groups in total. The number of thiocarbonyl (C=S) groups is 1. The van der Waals surface area contributed by atoms with E-state index in [9.17, 15) is 14.4 Å². The fraction of sp³-hybridized carbons (Fsp3) is 0.273. The van der Waals surface area contributed by atoms with Crippen molar-refractivity contribution >= 4 is 69.0 Å². The fourth-order valence-electron chi connectivity index (χ4n) is 2.94. The molecule has 30 heavy (non-hydrogen) atoms. The molecule has 0 bridgehead atoms. The van der Waals surface area contributed by atoms with Crippen molar-refractivity contribution < 1.29 is 14.4 Å². The van der Waals surface area contributed by atoms with E-state index in [2.05, 4.69) is 5.32 Å². The smallest absolute Gasteiger partial charge is 0.266 e. The van der Waals surface area contributed by atoms with E-state index in [1.54, 1.807) is 40.5 Å². The topological polar surface area (TPSA) is 66.5 Å². The van der Waals surface area contributed by atoms with Gasteiger partial charge in [-0.1, -0.05) is 36.5 Å². The molecule has 2 heterocycles. The molecule has 1 aliphatic rings. The summed E-state index contributed by atoms with van der Waals surface area (Å²) >= 11 is 8.28. The summed E-state index contributed by atoms with van der Waals surface area (Å²) in [6, 6.07) is 10.8. The lowest BCUT2D eigenvalue weighted by Crippen LogP contribution is -2.29. The summed E-state index contributed by atoms with van der Waals surface area (Å²) in [5.41, 5.74) is 1.30. The van der Waals surface area contributed by atoms with Crippen LogP contribution in [0, 0.1) is 0 Å². The van der Waals surface area contributed by atoms with Crippen LogP contribution in [0.25, 0.3) is 6.08 Å². The maximum atomic E-state index is 12.6. The van der Waals surface area contributed by atoms with Gasteiger partial charge in [-0.15, -0.1) is 11.3 Å². The zero-order valence-corrected chi connectivity index (χ0v) is 19.0. The summed E-state index contributed by atoms with van der Waals surface area (Å²) in [6.45, 7) is 2.08. The van der Waals surface area contributed by atoms with Gasteiger partial charge in [-0.3, -0.25) is 19.3 Å². The van der Waals surface area contributed by atoms with Crippen LogP contribution in [-0.4, -0.2) is 33.4 Å². The monoisotopic (exact) mass is 458 g/mol. The number of amides is 2. The minimum Gasteiger partial charge on any atom is -0.326 e. The lowest BCUT2D eigenvalue weighted by Gasteiger charge is -2.14. The zero-order chi connectivity index (χ0) is 21.5. The minimum absolute atomic E-state index is 0.00336. The summed E-state index contributed by atoms with van der Waals surface area (Å²) < 4.78 is 0.592. The molecule has 0 radical (unpaired) electrons. The van der Waals surface area contributed by atoms with E-state index < -0.39 is 0 Å². The van der Waals surface area contributed by atoms with Crippen LogP contribution in [0.1, 0.15) is 47.8 Å². The predicted molar refractivity (Wildman–Crippen MR) is 128 cm³/mol. The minimum atomic E-state index is -0.0601. The fourth-order valence-corrected chi connectivity index (χ4v) is 4.97. The number of unbranched alkanes of at least 4 members (excludes halogenated alkanes) is 2. The lowest BCUT2D eigenvalue weighted by molar-refractivity contribution is -0.122. The van der Waals surface area contributed by atoms with Crippen molar-refractivity contribution in [3.8, 4) is 0 Å². The Balaban J connectivity index is 1.37.